The van der Waals surface area contributed by atoms with E-state index in [0.717, 1.165) is 29.2 Å². The summed E-state index contributed by atoms with van der Waals surface area (Å²) in [6.45, 7) is 3.93. The van der Waals surface area contributed by atoms with Gasteiger partial charge in [-0.05, 0) is 31.2 Å². The molecular formula is C23H21F3N4O. The molecule has 0 bridgehead atoms. The van der Waals surface area contributed by atoms with Crippen molar-refractivity contribution < 1.29 is 18.0 Å². The van der Waals surface area contributed by atoms with Crippen LogP contribution in [0.1, 0.15) is 21.7 Å². The lowest BCUT2D eigenvalue weighted by Crippen LogP contribution is -2.49. The van der Waals surface area contributed by atoms with E-state index in [-0.39, 0.29) is 11.5 Å². The van der Waals surface area contributed by atoms with Crippen molar-refractivity contribution in [2.45, 2.75) is 13.1 Å². The summed E-state index contributed by atoms with van der Waals surface area (Å²) in [5.74, 6) is 1.20. The Kier molecular flexibility index (Phi) is 5.63. The van der Waals surface area contributed by atoms with Crippen molar-refractivity contribution >= 4 is 11.7 Å². The normalized spacial score (nSPS) is 14.6. The van der Waals surface area contributed by atoms with E-state index in [0.29, 0.717) is 32.0 Å². The standard InChI is InChI=1S/C23H21F3N4O/c1-16-27-20(17-5-3-2-4-6-17)15-21(28-16)29-11-13-30(14-12-29)22(31)18-7-9-19(10-8-18)23(24,25)26/h2-10,15H,11-14H2,1H3. The summed E-state index contributed by atoms with van der Waals surface area (Å²) < 4.78 is 38.2. The first kappa shape index (κ1) is 20.8. The van der Waals surface area contributed by atoms with Crippen molar-refractivity contribution in [1.82, 2.24) is 14.9 Å². The summed E-state index contributed by atoms with van der Waals surface area (Å²) in [5.41, 5.74) is 1.34. The maximum Gasteiger partial charge on any atom is 0.416 e. The number of aromatic nitrogens is 2. The van der Waals surface area contributed by atoms with Gasteiger partial charge in [0, 0.05) is 43.4 Å². The zero-order valence-electron chi connectivity index (χ0n) is 16.9. The molecule has 31 heavy (non-hydrogen) atoms. The van der Waals surface area contributed by atoms with Gasteiger partial charge >= 0.3 is 6.18 Å². The molecule has 2 aromatic carbocycles. The van der Waals surface area contributed by atoms with Crippen LogP contribution in [0.4, 0.5) is 19.0 Å². The summed E-state index contributed by atoms with van der Waals surface area (Å²) in [6, 6.07) is 16.1. The molecule has 1 fully saturated rings. The number of alkyl halides is 3. The van der Waals surface area contributed by atoms with Gasteiger partial charge in [0.15, 0.2) is 0 Å². The fourth-order valence-corrected chi connectivity index (χ4v) is 3.59. The smallest absolute Gasteiger partial charge is 0.353 e. The predicted molar refractivity (Wildman–Crippen MR) is 112 cm³/mol. The first-order valence-electron chi connectivity index (χ1n) is 9.94. The number of rotatable bonds is 3. The molecule has 1 aliphatic rings. The van der Waals surface area contributed by atoms with Gasteiger partial charge in [-0.2, -0.15) is 13.2 Å². The van der Waals surface area contributed by atoms with Gasteiger partial charge in [-0.15, -0.1) is 0 Å². The molecule has 1 aliphatic heterocycles. The number of aryl methyl sites for hydroxylation is 1. The lowest BCUT2D eigenvalue weighted by Gasteiger charge is -2.35. The minimum atomic E-state index is -4.42. The Morgan fingerprint density at radius 3 is 2.16 bits per heavy atom. The number of halogens is 3. The number of anilines is 1. The maximum absolute atomic E-state index is 12.7. The molecule has 0 spiro atoms. The van der Waals surface area contributed by atoms with Crippen LogP contribution in [-0.2, 0) is 6.18 Å². The van der Waals surface area contributed by atoms with Gasteiger partial charge in [0.2, 0.25) is 0 Å². The van der Waals surface area contributed by atoms with Gasteiger partial charge in [0.1, 0.15) is 11.6 Å². The number of benzene rings is 2. The topological polar surface area (TPSA) is 49.3 Å². The van der Waals surface area contributed by atoms with Crippen LogP contribution < -0.4 is 4.90 Å². The summed E-state index contributed by atoms with van der Waals surface area (Å²) in [4.78, 5) is 25.5. The predicted octanol–water partition coefficient (Wildman–Crippen LogP) is 4.43. The Morgan fingerprint density at radius 1 is 0.903 bits per heavy atom. The second-order valence-electron chi connectivity index (χ2n) is 7.38. The van der Waals surface area contributed by atoms with Crippen LogP contribution in [0, 0.1) is 6.92 Å². The first-order chi connectivity index (χ1) is 14.8. The number of hydrogen-bond donors (Lipinski definition) is 0. The van der Waals surface area contributed by atoms with Crippen molar-refractivity contribution in [3.63, 3.8) is 0 Å². The summed E-state index contributed by atoms with van der Waals surface area (Å²) in [7, 11) is 0. The molecule has 5 nitrogen and oxygen atoms in total. The third-order valence-electron chi connectivity index (χ3n) is 5.24. The van der Waals surface area contributed by atoms with Crippen molar-refractivity contribution in [3.8, 4) is 11.3 Å². The van der Waals surface area contributed by atoms with Crippen LogP contribution in [0.3, 0.4) is 0 Å². The number of amides is 1. The van der Waals surface area contributed by atoms with Crippen LogP contribution in [0.15, 0.2) is 60.7 Å². The molecule has 1 aromatic heterocycles. The van der Waals surface area contributed by atoms with Gasteiger partial charge in [-0.1, -0.05) is 30.3 Å². The lowest BCUT2D eigenvalue weighted by atomic mass is 10.1. The number of nitrogens with zero attached hydrogens (tertiary/aromatic N) is 4. The molecule has 0 aliphatic carbocycles. The van der Waals surface area contributed by atoms with Crippen molar-refractivity contribution in [3.05, 3.63) is 77.6 Å². The third-order valence-corrected chi connectivity index (χ3v) is 5.24. The largest absolute Gasteiger partial charge is 0.416 e. The van der Waals surface area contributed by atoms with E-state index in [2.05, 4.69) is 14.9 Å². The number of carbonyl (C=O) groups is 1. The second-order valence-corrected chi connectivity index (χ2v) is 7.38. The molecule has 4 rings (SSSR count). The molecule has 0 atom stereocenters. The highest BCUT2D eigenvalue weighted by Gasteiger charge is 2.31. The van der Waals surface area contributed by atoms with E-state index < -0.39 is 11.7 Å². The van der Waals surface area contributed by atoms with E-state index in [4.69, 9.17) is 0 Å². The lowest BCUT2D eigenvalue weighted by molar-refractivity contribution is -0.137. The Labute approximate surface area is 178 Å². The van der Waals surface area contributed by atoms with Gasteiger partial charge < -0.3 is 9.80 Å². The number of piperazine rings is 1. The minimum absolute atomic E-state index is 0.255. The molecule has 8 heteroatoms. The zero-order valence-corrected chi connectivity index (χ0v) is 16.9. The van der Waals surface area contributed by atoms with Gasteiger partial charge in [-0.25, -0.2) is 9.97 Å². The summed E-state index contributed by atoms with van der Waals surface area (Å²) >= 11 is 0. The van der Waals surface area contributed by atoms with E-state index in [1.165, 1.54) is 12.1 Å². The van der Waals surface area contributed by atoms with Crippen molar-refractivity contribution in [2.75, 3.05) is 31.1 Å². The first-order valence-corrected chi connectivity index (χ1v) is 9.94. The summed E-state index contributed by atoms with van der Waals surface area (Å²) in [5, 5.41) is 0. The van der Waals surface area contributed by atoms with E-state index in [9.17, 15) is 18.0 Å². The molecule has 0 N–H and O–H groups in total. The van der Waals surface area contributed by atoms with Crippen LogP contribution in [0.2, 0.25) is 0 Å². The SMILES string of the molecule is Cc1nc(-c2ccccc2)cc(N2CCN(C(=O)c3ccc(C(F)(F)F)cc3)CC2)n1. The average Bonchev–Trinajstić information content (AvgIpc) is 2.78. The Morgan fingerprint density at radius 2 is 1.55 bits per heavy atom. The molecule has 1 saturated heterocycles. The van der Waals surface area contributed by atoms with Gasteiger partial charge in [0.05, 0.1) is 11.3 Å². The second kappa shape index (κ2) is 8.37. The quantitative estimate of drug-likeness (QED) is 0.622. The third kappa shape index (κ3) is 4.68. The highest BCUT2D eigenvalue weighted by molar-refractivity contribution is 5.94. The minimum Gasteiger partial charge on any atom is -0.353 e. The molecule has 2 heterocycles. The molecule has 160 valence electrons. The monoisotopic (exact) mass is 426 g/mol. The fraction of sp³-hybridized carbons (Fsp3) is 0.261. The Hall–Kier alpha value is -3.42. The Bertz CT molecular complexity index is 1060. The average molecular weight is 426 g/mol. The Balaban J connectivity index is 1.44. The van der Waals surface area contributed by atoms with Crippen LogP contribution in [0.5, 0.6) is 0 Å². The molecule has 0 radical (unpaired) electrons. The van der Waals surface area contributed by atoms with Crippen LogP contribution in [-0.4, -0.2) is 47.0 Å². The molecule has 1 amide bonds. The van der Waals surface area contributed by atoms with Crippen molar-refractivity contribution in [1.29, 1.82) is 0 Å². The molecular weight excluding hydrogens is 405 g/mol. The van der Waals surface area contributed by atoms with Gasteiger partial charge in [-0.3, -0.25) is 4.79 Å². The van der Waals surface area contributed by atoms with E-state index in [1.54, 1.807) is 4.90 Å². The molecule has 3 aromatic rings. The summed E-state index contributed by atoms with van der Waals surface area (Å²) in [6.07, 6.45) is -4.42. The number of carbonyl (C=O) groups excluding carboxylic acids is 1. The highest BCUT2D eigenvalue weighted by Crippen LogP contribution is 2.29. The molecule has 0 saturated carbocycles. The molecule has 0 unspecified atom stereocenters. The number of hydrogen-bond acceptors (Lipinski definition) is 4. The van der Waals surface area contributed by atoms with E-state index in [1.807, 2.05) is 43.3 Å². The maximum atomic E-state index is 12.7. The van der Waals surface area contributed by atoms with Crippen LogP contribution in [0.25, 0.3) is 11.3 Å². The van der Waals surface area contributed by atoms with E-state index >= 15 is 0 Å². The van der Waals surface area contributed by atoms with Gasteiger partial charge in [0.25, 0.3) is 5.91 Å². The zero-order chi connectivity index (χ0) is 22.0. The van der Waals surface area contributed by atoms with Crippen molar-refractivity contribution in [2.24, 2.45) is 0 Å². The van der Waals surface area contributed by atoms with Crippen LogP contribution >= 0.6 is 0 Å². The fourth-order valence-electron chi connectivity index (χ4n) is 3.59. The highest BCUT2D eigenvalue weighted by atomic mass is 19.4.